The van der Waals surface area contributed by atoms with Crippen LogP contribution in [0.2, 0.25) is 0 Å². The van der Waals surface area contributed by atoms with Gasteiger partial charge in [-0.1, -0.05) is 24.3 Å². The van der Waals surface area contributed by atoms with Crippen LogP contribution in [0.5, 0.6) is 0 Å². The van der Waals surface area contributed by atoms with Crippen molar-refractivity contribution in [3.8, 4) is 0 Å². The smallest absolute Gasteiger partial charge is 0.313 e. The number of fused-ring (bicyclic) bond motifs is 2. The van der Waals surface area contributed by atoms with Crippen LogP contribution in [-0.4, -0.2) is 29.7 Å². The molecule has 0 radical (unpaired) electrons. The molecule has 1 spiro atoms. The van der Waals surface area contributed by atoms with Crippen molar-refractivity contribution in [1.82, 2.24) is 5.06 Å². The molecule has 1 heterocycles. The van der Waals surface area contributed by atoms with Gasteiger partial charge in [0, 0.05) is 0 Å². The summed E-state index contributed by atoms with van der Waals surface area (Å²) in [4.78, 5) is 12.6. The molecule has 1 aliphatic heterocycles. The van der Waals surface area contributed by atoms with Gasteiger partial charge in [0.25, 0.3) is 0 Å². The van der Waals surface area contributed by atoms with Crippen molar-refractivity contribution >= 4 is 5.97 Å². The Morgan fingerprint density at radius 1 is 1.27 bits per heavy atom. The number of rotatable bonds is 1. The number of carbonyl (C=O) groups is 1. The van der Waals surface area contributed by atoms with Crippen molar-refractivity contribution in [2.45, 2.75) is 57.0 Å². The van der Waals surface area contributed by atoms with E-state index in [2.05, 4.69) is 6.07 Å². The Hall–Kier alpha value is -1.39. The van der Waals surface area contributed by atoms with Gasteiger partial charge < -0.3 is 15.0 Å². The highest BCUT2D eigenvalue weighted by Crippen LogP contribution is 2.52. The van der Waals surface area contributed by atoms with Gasteiger partial charge in [-0.25, -0.2) is 0 Å². The lowest BCUT2D eigenvalue weighted by Gasteiger charge is -2.43. The summed E-state index contributed by atoms with van der Waals surface area (Å²) in [6.07, 6.45) is 2.43. The van der Waals surface area contributed by atoms with Gasteiger partial charge >= 0.3 is 5.97 Å². The maximum atomic E-state index is 12.6. The predicted octanol–water partition coefficient (Wildman–Crippen LogP) is 3.35. The molecule has 3 rings (SSSR count). The fourth-order valence-electron chi connectivity index (χ4n) is 3.87. The first-order valence-electron chi connectivity index (χ1n) is 8.05. The largest absolute Gasteiger partial charge is 0.785 e. The Kier molecular flexibility index (Phi) is 3.77. The van der Waals surface area contributed by atoms with Crippen LogP contribution in [-0.2, 0) is 14.9 Å². The second kappa shape index (κ2) is 5.36. The molecule has 4 heteroatoms. The molecular weight excluding hydrogens is 278 g/mol. The van der Waals surface area contributed by atoms with E-state index >= 15 is 0 Å². The molecule has 0 amide bonds. The summed E-state index contributed by atoms with van der Waals surface area (Å²) in [5.41, 5.74) is 1.84. The quantitative estimate of drug-likeness (QED) is 0.747. The van der Waals surface area contributed by atoms with Crippen molar-refractivity contribution < 1.29 is 9.53 Å². The first-order chi connectivity index (χ1) is 10.3. The molecule has 22 heavy (non-hydrogen) atoms. The molecule has 0 aromatic heterocycles. The van der Waals surface area contributed by atoms with E-state index in [1.54, 1.807) is 0 Å². The highest BCUT2D eigenvalue weighted by molar-refractivity contribution is 5.81. The summed E-state index contributed by atoms with van der Waals surface area (Å²) in [7, 11) is 0. The molecule has 0 saturated carbocycles. The van der Waals surface area contributed by atoms with E-state index in [9.17, 15) is 10.0 Å². The average Bonchev–Trinajstić information content (AvgIpc) is 2.76. The summed E-state index contributed by atoms with van der Waals surface area (Å²) in [6, 6.07) is 8.18. The number of nitrogens with zero attached hydrogens (tertiary/aromatic N) is 1. The average molecular weight is 302 g/mol. The minimum Gasteiger partial charge on any atom is -0.785 e. The van der Waals surface area contributed by atoms with Crippen LogP contribution >= 0.6 is 0 Å². The molecule has 1 aliphatic carbocycles. The van der Waals surface area contributed by atoms with E-state index in [0.29, 0.717) is 13.1 Å². The first-order valence-corrected chi connectivity index (χ1v) is 8.05. The van der Waals surface area contributed by atoms with Crippen LogP contribution in [0, 0.1) is 5.21 Å². The predicted molar refractivity (Wildman–Crippen MR) is 85.5 cm³/mol. The Morgan fingerprint density at radius 2 is 1.91 bits per heavy atom. The molecule has 1 aromatic carbocycles. The summed E-state index contributed by atoms with van der Waals surface area (Å²) >= 11 is 0. The zero-order valence-electron chi connectivity index (χ0n) is 13.6. The lowest BCUT2D eigenvalue weighted by Crippen LogP contribution is -2.39. The van der Waals surface area contributed by atoms with E-state index in [-0.39, 0.29) is 17.3 Å². The third-order valence-corrected chi connectivity index (χ3v) is 4.87. The first kappa shape index (κ1) is 15.5. The molecule has 1 fully saturated rings. The lowest BCUT2D eigenvalue weighted by molar-refractivity contribution is -0.157. The molecule has 2 aliphatic rings. The number of hydroxylamine groups is 2. The lowest BCUT2D eigenvalue weighted by atomic mass is 9.73. The SMILES string of the molecule is CC(C)(C)OC(=O)C1CC2(CCN([O-])CC2)c2ccccc21. The monoisotopic (exact) mass is 302 g/mol. The molecular formula is C18H24NO3-. The van der Waals surface area contributed by atoms with Crippen LogP contribution in [0.25, 0.3) is 0 Å². The van der Waals surface area contributed by atoms with Gasteiger partial charge in [-0.2, -0.15) is 0 Å². The van der Waals surface area contributed by atoms with E-state index in [0.717, 1.165) is 29.9 Å². The highest BCUT2D eigenvalue weighted by Gasteiger charge is 2.47. The van der Waals surface area contributed by atoms with Gasteiger partial charge in [0.1, 0.15) is 5.60 Å². The molecule has 0 N–H and O–H groups in total. The number of esters is 1. The van der Waals surface area contributed by atoms with Crippen LogP contribution in [0.4, 0.5) is 0 Å². The Balaban J connectivity index is 1.91. The van der Waals surface area contributed by atoms with E-state index < -0.39 is 5.60 Å². The molecule has 0 bridgehead atoms. The summed E-state index contributed by atoms with van der Waals surface area (Å²) in [5.74, 6) is -0.338. The fraction of sp³-hybridized carbons (Fsp3) is 0.611. The summed E-state index contributed by atoms with van der Waals surface area (Å²) in [5, 5.41) is 12.7. The highest BCUT2D eigenvalue weighted by atomic mass is 16.6. The van der Waals surface area contributed by atoms with Crippen LogP contribution in [0.15, 0.2) is 24.3 Å². The fourth-order valence-corrected chi connectivity index (χ4v) is 3.87. The summed E-state index contributed by atoms with van der Waals surface area (Å²) in [6.45, 7) is 6.80. The number of carbonyl (C=O) groups excluding carboxylic acids is 1. The molecule has 1 aromatic rings. The van der Waals surface area contributed by atoms with Crippen LogP contribution in [0.1, 0.15) is 57.1 Å². The molecule has 120 valence electrons. The van der Waals surface area contributed by atoms with Crippen molar-refractivity contribution in [1.29, 1.82) is 0 Å². The normalized spacial score (nSPS) is 24.3. The third-order valence-electron chi connectivity index (χ3n) is 4.87. The zero-order chi connectivity index (χ0) is 16.0. The number of ether oxygens (including phenoxy) is 1. The van der Waals surface area contributed by atoms with Gasteiger partial charge in [0.2, 0.25) is 0 Å². The molecule has 1 saturated heterocycles. The number of benzene rings is 1. The Morgan fingerprint density at radius 3 is 2.55 bits per heavy atom. The summed E-state index contributed by atoms with van der Waals surface area (Å²) < 4.78 is 5.62. The van der Waals surface area contributed by atoms with Crippen molar-refractivity contribution in [2.75, 3.05) is 13.1 Å². The second-order valence-corrected chi connectivity index (χ2v) is 7.59. The number of piperidine rings is 1. The Labute approximate surface area is 132 Å². The number of hydrogen-bond acceptors (Lipinski definition) is 4. The van der Waals surface area contributed by atoms with Crippen molar-refractivity contribution in [2.24, 2.45) is 0 Å². The Bertz CT molecular complexity index is 568. The van der Waals surface area contributed by atoms with Gasteiger partial charge in [-0.15, -0.1) is 0 Å². The van der Waals surface area contributed by atoms with E-state index in [1.165, 1.54) is 5.56 Å². The van der Waals surface area contributed by atoms with Gasteiger partial charge in [-0.3, -0.25) is 4.79 Å². The maximum Gasteiger partial charge on any atom is 0.313 e. The molecule has 1 atom stereocenters. The zero-order valence-corrected chi connectivity index (χ0v) is 13.6. The second-order valence-electron chi connectivity index (χ2n) is 7.59. The standard InChI is InChI=1S/C18H24NO3/c1-17(2,3)22-16(20)14-12-18(8-10-19(21)11-9-18)15-7-5-4-6-13(14)15/h4-7,14H,8-12H2,1-3H3/q-1. The third kappa shape index (κ3) is 2.77. The maximum absolute atomic E-state index is 12.6. The van der Waals surface area contributed by atoms with Gasteiger partial charge in [0.15, 0.2) is 0 Å². The number of hydrogen-bond donors (Lipinski definition) is 0. The topological polar surface area (TPSA) is 52.6 Å². The van der Waals surface area contributed by atoms with Gasteiger partial charge in [-0.05, 0) is 69.7 Å². The minimum absolute atomic E-state index is 0.0287. The molecule has 4 nitrogen and oxygen atoms in total. The van der Waals surface area contributed by atoms with Crippen LogP contribution < -0.4 is 0 Å². The minimum atomic E-state index is -0.472. The molecule has 1 unspecified atom stereocenters. The van der Waals surface area contributed by atoms with E-state index in [1.807, 2.05) is 39.0 Å². The van der Waals surface area contributed by atoms with Crippen molar-refractivity contribution in [3.05, 3.63) is 40.6 Å². The van der Waals surface area contributed by atoms with Crippen molar-refractivity contribution in [3.63, 3.8) is 0 Å². The van der Waals surface area contributed by atoms with E-state index in [4.69, 9.17) is 4.74 Å². The van der Waals surface area contributed by atoms with Crippen LogP contribution in [0.3, 0.4) is 0 Å². The van der Waals surface area contributed by atoms with Gasteiger partial charge in [0.05, 0.1) is 5.92 Å².